The average Bonchev–Trinajstić information content (AvgIpc) is 2.45. The van der Waals surface area contributed by atoms with Gasteiger partial charge in [0.15, 0.2) is 0 Å². The summed E-state index contributed by atoms with van der Waals surface area (Å²) in [6, 6.07) is -0.306. The summed E-state index contributed by atoms with van der Waals surface area (Å²) in [5.41, 5.74) is 0. The van der Waals surface area contributed by atoms with Crippen LogP contribution in [-0.4, -0.2) is 67.7 Å². The van der Waals surface area contributed by atoms with Crippen LogP contribution in [0.4, 0.5) is 13.2 Å². The van der Waals surface area contributed by atoms with Crippen molar-refractivity contribution in [3.8, 4) is 0 Å². The van der Waals surface area contributed by atoms with E-state index in [2.05, 4.69) is 10.2 Å². The van der Waals surface area contributed by atoms with Gasteiger partial charge in [-0.1, -0.05) is 0 Å². The molecule has 2 aliphatic heterocycles. The minimum atomic E-state index is -4.17. The van der Waals surface area contributed by atoms with Gasteiger partial charge < -0.3 is 15.1 Å². The van der Waals surface area contributed by atoms with Gasteiger partial charge in [0.25, 0.3) is 0 Å². The van der Waals surface area contributed by atoms with Gasteiger partial charge in [0.2, 0.25) is 5.91 Å². The maximum Gasteiger partial charge on any atom is 0.393 e. The summed E-state index contributed by atoms with van der Waals surface area (Å²) >= 11 is 0. The SMILES string of the molecule is CN1CCCC(N(C)C(=O)C2CCC(C(F)(F)F)CN2)C1. The lowest BCUT2D eigenvalue weighted by Crippen LogP contribution is -2.55. The number of nitrogens with zero attached hydrogens (tertiary/aromatic N) is 2. The van der Waals surface area contributed by atoms with Crippen LogP contribution in [0.25, 0.3) is 0 Å². The number of halogens is 3. The molecule has 21 heavy (non-hydrogen) atoms. The minimum absolute atomic E-state index is 0.0331. The van der Waals surface area contributed by atoms with E-state index in [1.807, 2.05) is 7.05 Å². The fourth-order valence-electron chi connectivity index (χ4n) is 3.23. The van der Waals surface area contributed by atoms with Crippen molar-refractivity contribution >= 4 is 5.91 Å². The first kappa shape index (κ1) is 16.5. The molecule has 3 atom stereocenters. The molecule has 0 bridgehead atoms. The van der Waals surface area contributed by atoms with Crippen molar-refractivity contribution in [3.05, 3.63) is 0 Å². The fourth-order valence-corrected chi connectivity index (χ4v) is 3.23. The first-order valence-corrected chi connectivity index (χ1v) is 7.54. The van der Waals surface area contributed by atoms with E-state index < -0.39 is 18.1 Å². The molecule has 2 heterocycles. The third-order valence-electron chi connectivity index (χ3n) is 4.67. The molecule has 122 valence electrons. The van der Waals surface area contributed by atoms with Crippen LogP contribution >= 0.6 is 0 Å². The number of carbonyl (C=O) groups is 1. The van der Waals surface area contributed by atoms with E-state index >= 15 is 0 Å². The van der Waals surface area contributed by atoms with E-state index in [0.717, 1.165) is 25.9 Å². The predicted molar refractivity (Wildman–Crippen MR) is 73.9 cm³/mol. The highest BCUT2D eigenvalue weighted by Crippen LogP contribution is 2.32. The van der Waals surface area contributed by atoms with Crippen LogP contribution in [0.3, 0.4) is 0 Å². The summed E-state index contributed by atoms with van der Waals surface area (Å²) in [5, 5.41) is 2.78. The molecule has 0 aliphatic carbocycles. The van der Waals surface area contributed by atoms with Gasteiger partial charge in [-0.15, -0.1) is 0 Å². The molecule has 0 spiro atoms. The quantitative estimate of drug-likeness (QED) is 0.839. The predicted octanol–water partition coefficient (Wildman–Crippen LogP) is 1.47. The molecule has 0 aromatic rings. The molecule has 4 nitrogen and oxygen atoms in total. The Kier molecular flexibility index (Phi) is 5.14. The molecule has 0 saturated carbocycles. The zero-order chi connectivity index (χ0) is 15.6. The number of rotatable bonds is 2. The largest absolute Gasteiger partial charge is 0.393 e. The second-order valence-corrected chi connectivity index (χ2v) is 6.28. The lowest BCUT2D eigenvalue weighted by molar-refractivity contribution is -0.180. The monoisotopic (exact) mass is 307 g/mol. The number of hydrogen-bond donors (Lipinski definition) is 1. The Balaban J connectivity index is 1.86. The fraction of sp³-hybridized carbons (Fsp3) is 0.929. The van der Waals surface area contributed by atoms with Gasteiger partial charge in [-0.25, -0.2) is 0 Å². The van der Waals surface area contributed by atoms with E-state index in [0.29, 0.717) is 0 Å². The molecule has 2 rings (SSSR count). The van der Waals surface area contributed by atoms with E-state index in [1.54, 1.807) is 11.9 Å². The number of likely N-dealkylation sites (N-methyl/N-ethyl adjacent to an activating group) is 2. The van der Waals surface area contributed by atoms with Gasteiger partial charge in [-0.2, -0.15) is 13.2 Å². The summed E-state index contributed by atoms with van der Waals surface area (Å²) in [6.45, 7) is 1.71. The van der Waals surface area contributed by atoms with Crippen LogP contribution in [0, 0.1) is 5.92 Å². The number of likely N-dealkylation sites (tertiary alicyclic amines) is 1. The second-order valence-electron chi connectivity index (χ2n) is 6.28. The number of hydrogen-bond acceptors (Lipinski definition) is 3. The Morgan fingerprint density at radius 1 is 1.29 bits per heavy atom. The third kappa shape index (κ3) is 4.10. The molecule has 0 aromatic carbocycles. The Hall–Kier alpha value is -0.820. The number of carbonyl (C=O) groups excluding carboxylic acids is 1. The molecular formula is C14H24F3N3O. The van der Waals surface area contributed by atoms with E-state index in [-0.39, 0.29) is 31.3 Å². The van der Waals surface area contributed by atoms with Crippen LogP contribution in [0.15, 0.2) is 0 Å². The summed E-state index contributed by atoms with van der Waals surface area (Å²) in [7, 11) is 3.79. The first-order chi connectivity index (χ1) is 9.79. The number of amides is 1. The average molecular weight is 307 g/mol. The normalized spacial score (nSPS) is 32.0. The zero-order valence-corrected chi connectivity index (χ0v) is 12.6. The molecule has 0 radical (unpaired) electrons. The minimum Gasteiger partial charge on any atom is -0.340 e. The van der Waals surface area contributed by atoms with Gasteiger partial charge in [-0.05, 0) is 39.3 Å². The molecule has 1 N–H and O–H groups in total. The third-order valence-corrected chi connectivity index (χ3v) is 4.67. The molecule has 2 saturated heterocycles. The molecule has 3 unspecified atom stereocenters. The van der Waals surface area contributed by atoms with Gasteiger partial charge in [0, 0.05) is 26.2 Å². The first-order valence-electron chi connectivity index (χ1n) is 7.54. The van der Waals surface area contributed by atoms with Crippen molar-refractivity contribution in [2.24, 2.45) is 5.92 Å². The topological polar surface area (TPSA) is 35.6 Å². The van der Waals surface area contributed by atoms with Crippen molar-refractivity contribution in [1.29, 1.82) is 0 Å². The van der Waals surface area contributed by atoms with Crippen LogP contribution in [-0.2, 0) is 4.79 Å². The summed E-state index contributed by atoms with van der Waals surface area (Å²) in [6.07, 6.45) is -1.86. The maximum atomic E-state index is 12.6. The summed E-state index contributed by atoms with van der Waals surface area (Å²) in [5.74, 6) is -1.40. The van der Waals surface area contributed by atoms with Crippen molar-refractivity contribution < 1.29 is 18.0 Å². The second kappa shape index (κ2) is 6.52. The Morgan fingerprint density at radius 3 is 2.52 bits per heavy atom. The van der Waals surface area contributed by atoms with Crippen molar-refractivity contribution in [3.63, 3.8) is 0 Å². The Morgan fingerprint density at radius 2 is 2.00 bits per heavy atom. The summed E-state index contributed by atoms with van der Waals surface area (Å²) in [4.78, 5) is 16.3. The molecule has 2 fully saturated rings. The number of alkyl halides is 3. The van der Waals surface area contributed by atoms with Gasteiger partial charge in [0.1, 0.15) is 0 Å². The summed E-state index contributed by atoms with van der Waals surface area (Å²) < 4.78 is 37.9. The van der Waals surface area contributed by atoms with Crippen LogP contribution in [0.2, 0.25) is 0 Å². The molecule has 1 amide bonds. The van der Waals surface area contributed by atoms with E-state index in [9.17, 15) is 18.0 Å². The van der Waals surface area contributed by atoms with Gasteiger partial charge in [0.05, 0.1) is 12.0 Å². The van der Waals surface area contributed by atoms with Gasteiger partial charge in [-0.3, -0.25) is 4.79 Å². The van der Waals surface area contributed by atoms with E-state index in [1.165, 1.54) is 0 Å². The Bertz CT molecular complexity index is 367. The molecule has 2 aliphatic rings. The lowest BCUT2D eigenvalue weighted by Gasteiger charge is -2.39. The molecule has 7 heteroatoms. The highest BCUT2D eigenvalue weighted by molar-refractivity contribution is 5.82. The molecule has 0 aromatic heterocycles. The highest BCUT2D eigenvalue weighted by atomic mass is 19.4. The van der Waals surface area contributed by atoms with E-state index in [4.69, 9.17) is 0 Å². The molecular weight excluding hydrogens is 283 g/mol. The number of nitrogens with one attached hydrogen (secondary N) is 1. The highest BCUT2D eigenvalue weighted by Gasteiger charge is 2.43. The smallest absolute Gasteiger partial charge is 0.340 e. The van der Waals surface area contributed by atoms with Crippen LogP contribution in [0.1, 0.15) is 25.7 Å². The Labute approximate surface area is 123 Å². The van der Waals surface area contributed by atoms with Crippen molar-refractivity contribution in [2.75, 3.05) is 33.7 Å². The number of piperidine rings is 2. The standard InChI is InChI=1S/C14H24F3N3O/c1-19-7-3-4-11(9-19)20(2)13(21)12-6-5-10(8-18-12)14(15,16)17/h10-12,18H,3-9H2,1-2H3. The zero-order valence-electron chi connectivity index (χ0n) is 12.6. The van der Waals surface area contributed by atoms with Crippen molar-refractivity contribution in [1.82, 2.24) is 15.1 Å². The van der Waals surface area contributed by atoms with Crippen molar-refractivity contribution in [2.45, 2.75) is 43.9 Å². The van der Waals surface area contributed by atoms with Gasteiger partial charge >= 0.3 is 6.18 Å². The lowest BCUT2D eigenvalue weighted by atomic mass is 9.93. The van der Waals surface area contributed by atoms with Crippen LogP contribution < -0.4 is 5.32 Å². The van der Waals surface area contributed by atoms with Crippen LogP contribution in [0.5, 0.6) is 0 Å². The maximum absolute atomic E-state index is 12.6.